The lowest BCUT2D eigenvalue weighted by Crippen LogP contribution is -2.11. The molecule has 1 aromatic heterocycles. The lowest BCUT2D eigenvalue weighted by molar-refractivity contribution is 0.0593. The van der Waals surface area contributed by atoms with E-state index in [0.29, 0.717) is 5.69 Å². The van der Waals surface area contributed by atoms with E-state index >= 15 is 0 Å². The van der Waals surface area contributed by atoms with E-state index in [1.54, 1.807) is 0 Å². The van der Waals surface area contributed by atoms with Gasteiger partial charge in [0.25, 0.3) is 0 Å². The zero-order valence-corrected chi connectivity index (χ0v) is 13.7. The van der Waals surface area contributed by atoms with E-state index in [4.69, 9.17) is 15.7 Å². The molecule has 0 aliphatic rings. The molecule has 7 nitrogen and oxygen atoms in total. The second kappa shape index (κ2) is 6.60. The van der Waals surface area contributed by atoms with E-state index in [0.717, 1.165) is 0 Å². The van der Waals surface area contributed by atoms with Crippen LogP contribution in [0.15, 0.2) is 48.0 Å². The summed E-state index contributed by atoms with van der Waals surface area (Å²) in [5.74, 6) is -0.869. The monoisotopic (exact) mass is 345 g/mol. The molecule has 0 amide bonds. The van der Waals surface area contributed by atoms with Crippen molar-refractivity contribution in [3.63, 3.8) is 0 Å². The molecule has 2 rings (SSSR count). The number of aromatic nitrogens is 1. The van der Waals surface area contributed by atoms with Crippen LogP contribution in [0.25, 0.3) is 5.69 Å². The normalized spacial score (nSPS) is 10.8. The molecule has 124 valence electrons. The van der Waals surface area contributed by atoms with Gasteiger partial charge in [0.05, 0.1) is 29.0 Å². The van der Waals surface area contributed by atoms with Gasteiger partial charge in [-0.2, -0.15) is 5.26 Å². The van der Waals surface area contributed by atoms with Crippen LogP contribution in [0.2, 0.25) is 0 Å². The third kappa shape index (κ3) is 3.02. The van der Waals surface area contributed by atoms with Crippen LogP contribution >= 0.6 is 0 Å². The molecule has 0 aliphatic carbocycles. The Bertz CT molecular complexity index is 935. The van der Waals surface area contributed by atoms with Crippen molar-refractivity contribution >= 4 is 21.5 Å². The molecule has 0 fully saturated rings. The van der Waals surface area contributed by atoms with Crippen LogP contribution in [0, 0.1) is 11.3 Å². The highest BCUT2D eigenvalue weighted by Gasteiger charge is 2.22. The Balaban J connectivity index is 2.56. The van der Waals surface area contributed by atoms with Gasteiger partial charge in [0.15, 0.2) is 15.5 Å². The Labute approximate surface area is 139 Å². The average Bonchev–Trinajstić information content (AvgIpc) is 2.91. The highest BCUT2D eigenvalue weighted by molar-refractivity contribution is 7.91. The smallest absolute Gasteiger partial charge is 0.357 e. The van der Waals surface area contributed by atoms with Crippen molar-refractivity contribution in [1.29, 1.82) is 5.26 Å². The molecule has 0 saturated carbocycles. The summed E-state index contributed by atoms with van der Waals surface area (Å²) in [7, 11) is -2.24. The molecule has 8 heteroatoms. The summed E-state index contributed by atoms with van der Waals surface area (Å²) < 4.78 is 30.1. The van der Waals surface area contributed by atoms with Gasteiger partial charge in [0.1, 0.15) is 6.07 Å². The number of methoxy groups -OCH3 is 1. The largest absolute Gasteiger partial charge is 0.464 e. The molecule has 0 spiro atoms. The highest BCUT2D eigenvalue weighted by atomic mass is 32.2. The van der Waals surface area contributed by atoms with Crippen molar-refractivity contribution in [2.45, 2.75) is 4.90 Å². The van der Waals surface area contributed by atoms with Crippen molar-refractivity contribution in [1.82, 2.24) is 4.57 Å². The van der Waals surface area contributed by atoms with Gasteiger partial charge in [-0.25, -0.2) is 13.2 Å². The Morgan fingerprint density at radius 1 is 1.42 bits per heavy atom. The fourth-order valence-corrected chi connectivity index (χ4v) is 3.24. The molecule has 0 radical (unpaired) electrons. The highest BCUT2D eigenvalue weighted by Crippen LogP contribution is 2.25. The Morgan fingerprint density at radius 3 is 2.54 bits per heavy atom. The minimum Gasteiger partial charge on any atom is -0.464 e. The molecule has 2 aromatic rings. The van der Waals surface area contributed by atoms with Gasteiger partial charge >= 0.3 is 5.97 Å². The number of nitrogens with two attached hydrogens (primary N) is 1. The number of nitrogens with zero attached hydrogens (tertiary/aromatic N) is 2. The first-order chi connectivity index (χ1) is 11.4. The van der Waals surface area contributed by atoms with Gasteiger partial charge in [-0.15, -0.1) is 6.58 Å². The van der Waals surface area contributed by atoms with Gasteiger partial charge in [0, 0.05) is 11.9 Å². The molecular weight excluding hydrogens is 330 g/mol. The number of rotatable bonds is 5. The number of nitriles is 1. The van der Waals surface area contributed by atoms with E-state index in [1.807, 2.05) is 6.07 Å². The average molecular weight is 345 g/mol. The summed E-state index contributed by atoms with van der Waals surface area (Å²) in [4.78, 5) is 12.1. The first-order valence-corrected chi connectivity index (χ1v) is 8.44. The Morgan fingerprint density at radius 2 is 2.04 bits per heavy atom. The Kier molecular flexibility index (Phi) is 4.76. The van der Waals surface area contributed by atoms with Crippen LogP contribution in [0.3, 0.4) is 0 Å². The first kappa shape index (κ1) is 17.3. The van der Waals surface area contributed by atoms with Crippen molar-refractivity contribution < 1.29 is 17.9 Å². The van der Waals surface area contributed by atoms with Crippen LogP contribution in [0.5, 0.6) is 0 Å². The number of benzene rings is 1. The minimum atomic E-state index is -3.44. The van der Waals surface area contributed by atoms with Gasteiger partial charge in [-0.1, -0.05) is 6.08 Å². The maximum Gasteiger partial charge on any atom is 0.357 e. The fraction of sp³-hybridized carbons (Fsp3) is 0.125. The lowest BCUT2D eigenvalue weighted by atomic mass is 10.2. The summed E-state index contributed by atoms with van der Waals surface area (Å²) in [5.41, 5.74) is 6.43. The lowest BCUT2D eigenvalue weighted by Gasteiger charge is -2.09. The molecule has 2 N–H and O–H groups in total. The van der Waals surface area contributed by atoms with Crippen molar-refractivity contribution in [3.05, 3.63) is 54.4 Å². The summed E-state index contributed by atoms with van der Waals surface area (Å²) in [5, 5.41) is 9.08. The Hall–Kier alpha value is -3.05. The summed E-state index contributed by atoms with van der Waals surface area (Å²) in [6, 6.07) is 7.76. The molecule has 0 atom stereocenters. The number of nitrogen functional groups attached to an aromatic ring is 1. The molecular formula is C16H15N3O4S. The van der Waals surface area contributed by atoms with Crippen LogP contribution in [0.4, 0.5) is 5.69 Å². The second-order valence-electron chi connectivity index (χ2n) is 4.84. The standard InChI is InChI=1S/C16H15N3O4S/c1-3-8-24(21,22)13-6-4-12(5-7-13)19-10-11(9-17)14(18)15(19)16(20)23-2/h3-7,10H,1,8,18H2,2H3. The van der Waals surface area contributed by atoms with Crippen LogP contribution in [0.1, 0.15) is 16.1 Å². The molecule has 0 aliphatic heterocycles. The van der Waals surface area contributed by atoms with Crippen molar-refractivity contribution in [2.24, 2.45) is 0 Å². The molecule has 0 saturated heterocycles. The number of hydrogen-bond acceptors (Lipinski definition) is 6. The third-order valence-corrected chi connectivity index (χ3v) is 5.02. The number of ether oxygens (including phenoxy) is 1. The van der Waals surface area contributed by atoms with Crippen LogP contribution in [-0.4, -0.2) is 31.8 Å². The van der Waals surface area contributed by atoms with Crippen LogP contribution in [-0.2, 0) is 14.6 Å². The zero-order chi connectivity index (χ0) is 17.9. The van der Waals surface area contributed by atoms with Crippen molar-refractivity contribution in [2.75, 3.05) is 18.6 Å². The van der Waals surface area contributed by atoms with E-state index in [-0.39, 0.29) is 27.6 Å². The van der Waals surface area contributed by atoms with Crippen LogP contribution < -0.4 is 5.73 Å². The number of carbonyl (C=O) groups excluding carboxylic acids is 1. The number of sulfone groups is 1. The second-order valence-corrected chi connectivity index (χ2v) is 6.88. The molecule has 24 heavy (non-hydrogen) atoms. The van der Waals surface area contributed by atoms with E-state index in [2.05, 4.69) is 6.58 Å². The summed E-state index contributed by atoms with van der Waals surface area (Å²) in [6.07, 6.45) is 2.71. The zero-order valence-electron chi connectivity index (χ0n) is 12.9. The molecule has 1 heterocycles. The van der Waals surface area contributed by atoms with Gasteiger partial charge in [-0.05, 0) is 24.3 Å². The van der Waals surface area contributed by atoms with Crippen molar-refractivity contribution in [3.8, 4) is 11.8 Å². The van der Waals surface area contributed by atoms with E-state index < -0.39 is 15.8 Å². The van der Waals surface area contributed by atoms with Gasteiger partial charge < -0.3 is 15.0 Å². The molecule has 1 aromatic carbocycles. The topological polar surface area (TPSA) is 115 Å². The SMILES string of the molecule is C=CCS(=O)(=O)c1ccc(-n2cc(C#N)c(N)c2C(=O)OC)cc1. The predicted molar refractivity (Wildman–Crippen MR) is 88.5 cm³/mol. The minimum absolute atomic E-state index is 0.00713. The maximum atomic E-state index is 12.0. The maximum absolute atomic E-state index is 12.0. The fourth-order valence-electron chi connectivity index (χ4n) is 2.18. The quantitative estimate of drug-likeness (QED) is 0.651. The number of carbonyl (C=O) groups is 1. The van der Waals surface area contributed by atoms with Gasteiger partial charge in [-0.3, -0.25) is 0 Å². The van der Waals surface area contributed by atoms with Gasteiger partial charge in [0.2, 0.25) is 0 Å². The molecule has 0 unspecified atom stereocenters. The van der Waals surface area contributed by atoms with E-state index in [9.17, 15) is 13.2 Å². The summed E-state index contributed by atoms with van der Waals surface area (Å²) in [6.45, 7) is 3.42. The number of hydrogen-bond donors (Lipinski definition) is 1. The predicted octanol–water partition coefficient (Wildman–Crippen LogP) is 1.68. The first-order valence-electron chi connectivity index (χ1n) is 6.79. The number of esters is 1. The summed E-state index contributed by atoms with van der Waals surface area (Å²) >= 11 is 0. The third-order valence-electron chi connectivity index (χ3n) is 3.35. The number of anilines is 1. The van der Waals surface area contributed by atoms with E-state index in [1.165, 1.54) is 48.2 Å². The molecule has 0 bridgehead atoms.